The van der Waals surface area contributed by atoms with E-state index >= 15 is 0 Å². The van der Waals surface area contributed by atoms with Gasteiger partial charge in [-0.05, 0) is 42.0 Å². The number of halogens is 1. The fourth-order valence-corrected chi connectivity index (χ4v) is 1.81. The van der Waals surface area contributed by atoms with Gasteiger partial charge in [0.15, 0.2) is 5.58 Å². The molecule has 0 aliphatic carbocycles. The average Bonchev–Trinajstić information content (AvgIpc) is 2.82. The lowest BCUT2D eigenvalue weighted by Crippen LogP contribution is -1.94. The predicted molar refractivity (Wildman–Crippen MR) is 67.3 cm³/mol. The van der Waals surface area contributed by atoms with Crippen LogP contribution in [0.4, 0.5) is 4.39 Å². The van der Waals surface area contributed by atoms with Crippen LogP contribution in [0.5, 0.6) is 0 Å². The van der Waals surface area contributed by atoms with Gasteiger partial charge in [0.05, 0.1) is 0 Å². The lowest BCUT2D eigenvalue weighted by Gasteiger charge is -1.94. The van der Waals surface area contributed by atoms with Crippen molar-refractivity contribution in [3.8, 4) is 11.5 Å². The first-order valence-electron chi connectivity index (χ1n) is 5.62. The summed E-state index contributed by atoms with van der Waals surface area (Å²) in [5.41, 5.74) is 8.78. The molecular formula is C14H11FN2O. The third kappa shape index (κ3) is 1.87. The monoisotopic (exact) mass is 242 g/mol. The molecule has 3 aromatic rings. The van der Waals surface area contributed by atoms with Gasteiger partial charge in [0, 0.05) is 12.1 Å². The van der Waals surface area contributed by atoms with E-state index in [1.165, 1.54) is 12.1 Å². The summed E-state index contributed by atoms with van der Waals surface area (Å²) < 4.78 is 18.5. The predicted octanol–water partition coefficient (Wildman–Crippen LogP) is 3.09. The van der Waals surface area contributed by atoms with Gasteiger partial charge in [0.25, 0.3) is 0 Å². The highest BCUT2D eigenvalue weighted by Crippen LogP contribution is 2.24. The maximum Gasteiger partial charge on any atom is 0.227 e. The number of rotatable bonds is 2. The normalized spacial score (nSPS) is 11.0. The second kappa shape index (κ2) is 4.23. The van der Waals surface area contributed by atoms with Gasteiger partial charge in [0.2, 0.25) is 5.89 Å². The molecule has 0 bridgehead atoms. The fourth-order valence-electron chi connectivity index (χ4n) is 1.81. The van der Waals surface area contributed by atoms with Crippen molar-refractivity contribution >= 4 is 11.1 Å². The molecule has 1 heterocycles. The summed E-state index contributed by atoms with van der Waals surface area (Å²) in [4.78, 5) is 4.36. The number of aromatic nitrogens is 1. The van der Waals surface area contributed by atoms with Gasteiger partial charge in [0.1, 0.15) is 11.3 Å². The molecule has 1 aromatic heterocycles. The topological polar surface area (TPSA) is 52.0 Å². The summed E-state index contributed by atoms with van der Waals surface area (Å²) in [7, 11) is 0. The molecule has 0 saturated carbocycles. The Labute approximate surface area is 103 Å². The van der Waals surface area contributed by atoms with Crippen LogP contribution >= 0.6 is 0 Å². The van der Waals surface area contributed by atoms with Crippen molar-refractivity contribution in [2.75, 3.05) is 0 Å². The number of nitrogens with two attached hydrogens (primary N) is 1. The molecule has 0 fully saturated rings. The van der Waals surface area contributed by atoms with E-state index in [-0.39, 0.29) is 5.82 Å². The smallest absolute Gasteiger partial charge is 0.227 e. The van der Waals surface area contributed by atoms with Crippen molar-refractivity contribution in [3.63, 3.8) is 0 Å². The first-order chi connectivity index (χ1) is 8.76. The zero-order chi connectivity index (χ0) is 12.5. The van der Waals surface area contributed by atoms with E-state index in [9.17, 15) is 4.39 Å². The number of nitrogens with zero attached hydrogens (tertiary/aromatic N) is 1. The summed E-state index contributed by atoms with van der Waals surface area (Å²) in [6.45, 7) is 0.461. The molecule has 0 unspecified atom stereocenters. The zero-order valence-corrected chi connectivity index (χ0v) is 9.56. The Balaban J connectivity index is 2.10. The first-order valence-corrected chi connectivity index (χ1v) is 5.62. The first kappa shape index (κ1) is 10.9. The molecule has 0 aliphatic rings. The Bertz CT molecular complexity index is 689. The van der Waals surface area contributed by atoms with Crippen LogP contribution in [0.1, 0.15) is 5.56 Å². The minimum atomic E-state index is -0.278. The maximum atomic E-state index is 12.8. The largest absolute Gasteiger partial charge is 0.436 e. The van der Waals surface area contributed by atoms with E-state index in [2.05, 4.69) is 4.98 Å². The molecular weight excluding hydrogens is 231 g/mol. The SMILES string of the molecule is NCc1ccc2nc(-c3ccc(F)cc3)oc2c1. The van der Waals surface area contributed by atoms with Crippen molar-refractivity contribution in [2.45, 2.75) is 6.54 Å². The maximum absolute atomic E-state index is 12.8. The Kier molecular flexibility index (Phi) is 2.57. The van der Waals surface area contributed by atoms with Crippen LogP contribution in [0.2, 0.25) is 0 Å². The molecule has 90 valence electrons. The van der Waals surface area contributed by atoms with Gasteiger partial charge >= 0.3 is 0 Å². The third-order valence-electron chi connectivity index (χ3n) is 2.78. The molecule has 0 spiro atoms. The fraction of sp³-hybridized carbons (Fsp3) is 0.0714. The van der Waals surface area contributed by atoms with Crippen LogP contribution in [0.25, 0.3) is 22.6 Å². The lowest BCUT2D eigenvalue weighted by molar-refractivity contribution is 0.616. The molecule has 0 amide bonds. The van der Waals surface area contributed by atoms with Crippen LogP contribution in [-0.2, 0) is 6.54 Å². The van der Waals surface area contributed by atoms with E-state index in [0.29, 0.717) is 18.0 Å². The van der Waals surface area contributed by atoms with E-state index in [0.717, 1.165) is 16.6 Å². The van der Waals surface area contributed by atoms with Gasteiger partial charge in [-0.3, -0.25) is 0 Å². The van der Waals surface area contributed by atoms with Crippen LogP contribution in [0.3, 0.4) is 0 Å². The van der Waals surface area contributed by atoms with Crippen LogP contribution in [-0.4, -0.2) is 4.98 Å². The zero-order valence-electron chi connectivity index (χ0n) is 9.56. The third-order valence-corrected chi connectivity index (χ3v) is 2.78. The number of fused-ring (bicyclic) bond motifs is 1. The molecule has 0 atom stereocenters. The summed E-state index contributed by atoms with van der Waals surface area (Å²) >= 11 is 0. The highest BCUT2D eigenvalue weighted by atomic mass is 19.1. The quantitative estimate of drug-likeness (QED) is 0.751. The van der Waals surface area contributed by atoms with Crippen molar-refractivity contribution in [1.82, 2.24) is 4.98 Å². The van der Waals surface area contributed by atoms with E-state index < -0.39 is 0 Å². The number of benzene rings is 2. The molecule has 18 heavy (non-hydrogen) atoms. The molecule has 4 heteroatoms. The Morgan fingerprint density at radius 3 is 2.61 bits per heavy atom. The second-order valence-electron chi connectivity index (χ2n) is 4.03. The number of hydrogen-bond donors (Lipinski definition) is 1. The Morgan fingerprint density at radius 1 is 1.11 bits per heavy atom. The molecule has 2 N–H and O–H groups in total. The summed E-state index contributed by atoms with van der Waals surface area (Å²) in [6.07, 6.45) is 0. The molecule has 0 saturated heterocycles. The minimum absolute atomic E-state index is 0.278. The van der Waals surface area contributed by atoms with Crippen molar-refractivity contribution in [2.24, 2.45) is 5.73 Å². The second-order valence-corrected chi connectivity index (χ2v) is 4.03. The van der Waals surface area contributed by atoms with Gasteiger partial charge in [-0.15, -0.1) is 0 Å². The molecule has 3 nitrogen and oxygen atoms in total. The van der Waals surface area contributed by atoms with Crippen LogP contribution in [0, 0.1) is 5.82 Å². The highest BCUT2D eigenvalue weighted by molar-refractivity contribution is 5.76. The lowest BCUT2D eigenvalue weighted by atomic mass is 10.2. The van der Waals surface area contributed by atoms with E-state index in [1.807, 2.05) is 18.2 Å². The molecule has 0 radical (unpaired) electrons. The number of hydrogen-bond acceptors (Lipinski definition) is 3. The Hall–Kier alpha value is -2.20. The van der Waals surface area contributed by atoms with Crippen molar-refractivity contribution in [1.29, 1.82) is 0 Å². The van der Waals surface area contributed by atoms with Gasteiger partial charge in [-0.1, -0.05) is 6.07 Å². The van der Waals surface area contributed by atoms with Crippen molar-refractivity contribution in [3.05, 3.63) is 53.8 Å². The van der Waals surface area contributed by atoms with E-state index in [4.69, 9.17) is 10.2 Å². The standard InChI is InChI=1S/C14H11FN2O/c15-11-4-2-10(3-5-11)14-17-12-6-1-9(8-16)7-13(12)18-14/h1-7H,8,16H2. The average molecular weight is 242 g/mol. The number of oxazole rings is 1. The Morgan fingerprint density at radius 2 is 1.89 bits per heavy atom. The molecule has 2 aromatic carbocycles. The van der Waals surface area contributed by atoms with Crippen LogP contribution in [0.15, 0.2) is 46.9 Å². The van der Waals surface area contributed by atoms with Gasteiger partial charge < -0.3 is 10.2 Å². The minimum Gasteiger partial charge on any atom is -0.436 e. The van der Waals surface area contributed by atoms with Gasteiger partial charge in [-0.25, -0.2) is 9.37 Å². The summed E-state index contributed by atoms with van der Waals surface area (Å²) in [5.74, 6) is 0.208. The summed E-state index contributed by atoms with van der Waals surface area (Å²) in [6, 6.07) is 11.7. The molecule has 0 aliphatic heterocycles. The van der Waals surface area contributed by atoms with Gasteiger partial charge in [-0.2, -0.15) is 0 Å². The van der Waals surface area contributed by atoms with Crippen molar-refractivity contribution < 1.29 is 8.81 Å². The van der Waals surface area contributed by atoms with Crippen LogP contribution < -0.4 is 5.73 Å². The summed E-state index contributed by atoms with van der Waals surface area (Å²) in [5, 5.41) is 0. The molecule has 3 rings (SSSR count). The highest BCUT2D eigenvalue weighted by Gasteiger charge is 2.08. The van der Waals surface area contributed by atoms with E-state index in [1.54, 1.807) is 12.1 Å².